The minimum Gasteiger partial charge on any atom is -0.393 e. The zero-order chi connectivity index (χ0) is 18.1. The maximum Gasteiger partial charge on any atom is 0.191 e. The number of halogens is 3. The molecule has 1 fully saturated rings. The van der Waals surface area contributed by atoms with Gasteiger partial charge in [0.05, 0.1) is 12.6 Å². The Labute approximate surface area is 171 Å². The van der Waals surface area contributed by atoms with E-state index in [9.17, 15) is 13.9 Å². The molecule has 0 unspecified atom stereocenters. The predicted molar refractivity (Wildman–Crippen MR) is 111 cm³/mol. The molecular weight excluding hydrogens is 453 g/mol. The lowest BCUT2D eigenvalue weighted by Gasteiger charge is -2.29. The summed E-state index contributed by atoms with van der Waals surface area (Å²) < 4.78 is 26.8. The quantitative estimate of drug-likeness (QED) is 0.242. The molecule has 1 aliphatic heterocycles. The molecule has 26 heavy (non-hydrogen) atoms. The van der Waals surface area contributed by atoms with Gasteiger partial charge in [-0.05, 0) is 50.9 Å². The Balaban J connectivity index is 0.00000338. The minimum atomic E-state index is -0.462. The number of likely N-dealkylation sites (tertiary alicyclic amines) is 1. The maximum absolute atomic E-state index is 13.6. The molecule has 0 saturated carbocycles. The molecule has 5 nitrogen and oxygen atoms in total. The Morgan fingerprint density at radius 1 is 1.27 bits per heavy atom. The van der Waals surface area contributed by atoms with Crippen LogP contribution in [-0.4, -0.2) is 54.8 Å². The summed E-state index contributed by atoms with van der Waals surface area (Å²) in [6.07, 6.45) is 2.49. The van der Waals surface area contributed by atoms with Gasteiger partial charge in [0.1, 0.15) is 11.6 Å². The molecule has 1 aromatic rings. The highest BCUT2D eigenvalue weighted by atomic mass is 127. The molecule has 8 heteroatoms. The summed E-state index contributed by atoms with van der Waals surface area (Å²) in [6.45, 7) is 6.33. The van der Waals surface area contributed by atoms with Crippen LogP contribution in [0.2, 0.25) is 0 Å². The van der Waals surface area contributed by atoms with E-state index in [0.717, 1.165) is 57.6 Å². The summed E-state index contributed by atoms with van der Waals surface area (Å²) in [7, 11) is 0. The molecule has 1 aromatic carbocycles. The van der Waals surface area contributed by atoms with Gasteiger partial charge in [-0.1, -0.05) is 0 Å². The van der Waals surface area contributed by atoms with Crippen LogP contribution >= 0.6 is 24.0 Å². The molecule has 0 aromatic heterocycles. The molecular formula is C18H29F2IN4O. The number of guanidine groups is 1. The first-order valence-electron chi connectivity index (χ1n) is 8.95. The van der Waals surface area contributed by atoms with Crippen LogP contribution in [0.4, 0.5) is 8.78 Å². The van der Waals surface area contributed by atoms with Crippen molar-refractivity contribution < 1.29 is 13.9 Å². The van der Waals surface area contributed by atoms with Crippen LogP contribution in [0.5, 0.6) is 0 Å². The third-order valence-electron chi connectivity index (χ3n) is 4.26. The van der Waals surface area contributed by atoms with Gasteiger partial charge in [0, 0.05) is 31.7 Å². The van der Waals surface area contributed by atoms with Gasteiger partial charge < -0.3 is 20.6 Å². The van der Waals surface area contributed by atoms with Gasteiger partial charge in [-0.3, -0.25) is 0 Å². The summed E-state index contributed by atoms with van der Waals surface area (Å²) in [5.41, 5.74) is 0.240. The van der Waals surface area contributed by atoms with E-state index >= 15 is 0 Å². The third kappa shape index (κ3) is 8.13. The topological polar surface area (TPSA) is 59.9 Å². The highest BCUT2D eigenvalue weighted by Crippen LogP contribution is 2.11. The molecule has 148 valence electrons. The number of benzene rings is 1. The van der Waals surface area contributed by atoms with E-state index in [0.29, 0.717) is 12.5 Å². The Morgan fingerprint density at radius 3 is 2.69 bits per heavy atom. The van der Waals surface area contributed by atoms with Crippen molar-refractivity contribution in [1.82, 2.24) is 15.5 Å². The van der Waals surface area contributed by atoms with Crippen molar-refractivity contribution in [3.05, 3.63) is 35.4 Å². The highest BCUT2D eigenvalue weighted by molar-refractivity contribution is 14.0. The Kier molecular flexibility index (Phi) is 11.0. The monoisotopic (exact) mass is 482 g/mol. The zero-order valence-electron chi connectivity index (χ0n) is 15.2. The molecule has 0 bridgehead atoms. The summed E-state index contributed by atoms with van der Waals surface area (Å²) in [5.74, 6) is -0.315. The smallest absolute Gasteiger partial charge is 0.191 e. The number of hydrogen-bond donors (Lipinski definition) is 3. The van der Waals surface area contributed by atoms with E-state index in [1.807, 2.05) is 6.92 Å². The normalized spacial score (nSPS) is 16.2. The SMILES string of the molecule is CCNC(=NCc1cc(F)ccc1F)NCCCN1CCC(O)CC1.I. The molecule has 1 saturated heterocycles. The molecule has 0 atom stereocenters. The molecule has 1 aliphatic rings. The van der Waals surface area contributed by atoms with E-state index in [-0.39, 0.29) is 42.2 Å². The standard InChI is InChI=1S/C18H28F2N4O.HI/c1-2-21-18(23-13-14-12-15(19)4-5-17(14)20)22-8-3-9-24-10-6-16(25)7-11-24;/h4-5,12,16,25H,2-3,6-11,13H2,1H3,(H2,21,22,23);1H. The molecule has 2 rings (SSSR count). The number of nitrogens with one attached hydrogen (secondary N) is 2. The third-order valence-corrected chi connectivity index (χ3v) is 4.26. The second-order valence-corrected chi connectivity index (χ2v) is 6.28. The van der Waals surface area contributed by atoms with Gasteiger partial charge in [0.15, 0.2) is 5.96 Å². The summed E-state index contributed by atoms with van der Waals surface area (Å²) >= 11 is 0. The van der Waals surface area contributed by atoms with Crippen LogP contribution in [0.15, 0.2) is 23.2 Å². The van der Waals surface area contributed by atoms with Gasteiger partial charge in [0.2, 0.25) is 0 Å². The second kappa shape index (κ2) is 12.4. The first kappa shape index (κ1) is 23.0. The molecule has 3 N–H and O–H groups in total. The summed E-state index contributed by atoms with van der Waals surface area (Å²) in [4.78, 5) is 6.67. The average molecular weight is 482 g/mol. The Bertz CT molecular complexity index is 566. The van der Waals surface area contributed by atoms with Crippen LogP contribution in [0, 0.1) is 11.6 Å². The van der Waals surface area contributed by atoms with Crippen LogP contribution in [0.3, 0.4) is 0 Å². The molecule has 1 heterocycles. The van der Waals surface area contributed by atoms with Gasteiger partial charge in [0.25, 0.3) is 0 Å². The average Bonchev–Trinajstić information content (AvgIpc) is 2.60. The fourth-order valence-electron chi connectivity index (χ4n) is 2.82. The lowest BCUT2D eigenvalue weighted by atomic mass is 10.1. The number of piperidine rings is 1. The van der Waals surface area contributed by atoms with E-state index in [1.54, 1.807) is 0 Å². The van der Waals surface area contributed by atoms with E-state index < -0.39 is 11.6 Å². The largest absolute Gasteiger partial charge is 0.393 e. The zero-order valence-corrected chi connectivity index (χ0v) is 17.5. The van der Waals surface area contributed by atoms with Crippen molar-refractivity contribution in [2.24, 2.45) is 4.99 Å². The van der Waals surface area contributed by atoms with Crippen molar-refractivity contribution in [2.45, 2.75) is 38.8 Å². The molecule has 0 amide bonds. The van der Waals surface area contributed by atoms with Crippen molar-refractivity contribution in [3.63, 3.8) is 0 Å². The van der Waals surface area contributed by atoms with Crippen LogP contribution < -0.4 is 10.6 Å². The molecule has 0 radical (unpaired) electrons. The number of aliphatic hydroxyl groups is 1. The van der Waals surface area contributed by atoms with Gasteiger partial charge in [-0.25, -0.2) is 13.8 Å². The summed E-state index contributed by atoms with van der Waals surface area (Å²) in [6, 6.07) is 3.40. The number of nitrogens with zero attached hydrogens (tertiary/aromatic N) is 2. The van der Waals surface area contributed by atoms with Crippen molar-refractivity contribution in [2.75, 3.05) is 32.7 Å². The second-order valence-electron chi connectivity index (χ2n) is 6.28. The van der Waals surface area contributed by atoms with Crippen molar-refractivity contribution in [1.29, 1.82) is 0 Å². The van der Waals surface area contributed by atoms with Gasteiger partial charge in [-0.15, -0.1) is 24.0 Å². The number of aliphatic hydroxyl groups excluding tert-OH is 1. The Hall–Kier alpha value is -1.00. The van der Waals surface area contributed by atoms with Crippen LogP contribution in [0.25, 0.3) is 0 Å². The van der Waals surface area contributed by atoms with Gasteiger partial charge in [-0.2, -0.15) is 0 Å². The van der Waals surface area contributed by atoms with E-state index in [1.165, 1.54) is 6.07 Å². The first-order valence-corrected chi connectivity index (χ1v) is 8.95. The van der Waals surface area contributed by atoms with E-state index in [2.05, 4.69) is 20.5 Å². The molecule has 0 aliphatic carbocycles. The Morgan fingerprint density at radius 2 is 2.00 bits per heavy atom. The van der Waals surface area contributed by atoms with Crippen LogP contribution in [0.1, 0.15) is 31.7 Å². The van der Waals surface area contributed by atoms with Gasteiger partial charge >= 0.3 is 0 Å². The minimum absolute atomic E-state index is 0. The predicted octanol–water partition coefficient (Wildman–Crippen LogP) is 2.48. The summed E-state index contributed by atoms with van der Waals surface area (Å²) in [5, 5.41) is 15.8. The number of hydrogen-bond acceptors (Lipinski definition) is 3. The van der Waals surface area contributed by atoms with Crippen molar-refractivity contribution in [3.8, 4) is 0 Å². The fourth-order valence-corrected chi connectivity index (χ4v) is 2.82. The maximum atomic E-state index is 13.6. The van der Waals surface area contributed by atoms with Crippen LogP contribution in [-0.2, 0) is 6.54 Å². The molecule has 0 spiro atoms. The number of aliphatic imine (C=N–C) groups is 1. The number of rotatable bonds is 7. The lowest BCUT2D eigenvalue weighted by molar-refractivity contribution is 0.0823. The van der Waals surface area contributed by atoms with Crippen molar-refractivity contribution >= 4 is 29.9 Å². The fraction of sp³-hybridized carbons (Fsp3) is 0.611. The lowest BCUT2D eigenvalue weighted by Crippen LogP contribution is -2.40. The highest BCUT2D eigenvalue weighted by Gasteiger charge is 2.16. The first-order chi connectivity index (χ1) is 12.1. The van der Waals surface area contributed by atoms with E-state index in [4.69, 9.17) is 0 Å².